The van der Waals surface area contributed by atoms with E-state index in [1.807, 2.05) is 39.8 Å². The Balaban J connectivity index is 1.83. The molecule has 0 radical (unpaired) electrons. The van der Waals surface area contributed by atoms with Crippen molar-refractivity contribution < 1.29 is 13.7 Å². The smallest absolute Gasteiger partial charge is 0.399 e. The standard InChI is InChI=1S/C15H21BFNO2/c1-14(2)15(3,4)20-16(19-14)11-5-6-12(13(17)7-11)10-8-18-9-10/h5-7,10,18H,8-9H2,1-4H3. The van der Waals surface area contributed by atoms with Gasteiger partial charge in [0.2, 0.25) is 0 Å². The summed E-state index contributed by atoms with van der Waals surface area (Å²) in [6.45, 7) is 9.70. The van der Waals surface area contributed by atoms with E-state index in [9.17, 15) is 4.39 Å². The molecule has 2 aliphatic rings. The predicted molar refractivity (Wildman–Crippen MR) is 77.7 cm³/mol. The maximum atomic E-state index is 14.2. The highest BCUT2D eigenvalue weighted by Gasteiger charge is 2.51. The molecule has 2 fully saturated rings. The van der Waals surface area contributed by atoms with Crippen molar-refractivity contribution in [3.63, 3.8) is 0 Å². The summed E-state index contributed by atoms with van der Waals surface area (Å²) in [7, 11) is -0.497. The van der Waals surface area contributed by atoms with Gasteiger partial charge in [0, 0.05) is 19.0 Å². The molecule has 3 rings (SSSR count). The van der Waals surface area contributed by atoms with Crippen LogP contribution >= 0.6 is 0 Å². The summed E-state index contributed by atoms with van der Waals surface area (Å²) in [6, 6.07) is 5.33. The fraction of sp³-hybridized carbons (Fsp3) is 0.600. The van der Waals surface area contributed by atoms with Crippen molar-refractivity contribution in [1.82, 2.24) is 5.32 Å². The summed E-state index contributed by atoms with van der Waals surface area (Å²) in [5, 5.41) is 3.16. The highest BCUT2D eigenvalue weighted by molar-refractivity contribution is 6.62. The van der Waals surface area contributed by atoms with E-state index in [2.05, 4.69) is 5.32 Å². The molecule has 1 N–H and O–H groups in total. The van der Waals surface area contributed by atoms with Gasteiger partial charge < -0.3 is 14.6 Å². The molecule has 1 aromatic carbocycles. The molecule has 20 heavy (non-hydrogen) atoms. The lowest BCUT2D eigenvalue weighted by Gasteiger charge is -2.32. The van der Waals surface area contributed by atoms with Crippen LogP contribution in [0.25, 0.3) is 0 Å². The summed E-state index contributed by atoms with van der Waals surface area (Å²) in [4.78, 5) is 0. The van der Waals surface area contributed by atoms with Gasteiger partial charge in [-0.25, -0.2) is 4.39 Å². The first-order valence-electron chi connectivity index (χ1n) is 7.16. The molecular weight excluding hydrogens is 256 g/mol. The van der Waals surface area contributed by atoms with Crippen molar-refractivity contribution in [3.05, 3.63) is 29.6 Å². The average molecular weight is 277 g/mol. The lowest BCUT2D eigenvalue weighted by atomic mass is 9.77. The molecule has 0 amide bonds. The molecule has 0 spiro atoms. The highest BCUT2D eigenvalue weighted by atomic mass is 19.1. The van der Waals surface area contributed by atoms with Gasteiger partial charge in [0.25, 0.3) is 0 Å². The van der Waals surface area contributed by atoms with Gasteiger partial charge >= 0.3 is 7.12 Å². The van der Waals surface area contributed by atoms with Crippen molar-refractivity contribution in [3.8, 4) is 0 Å². The second kappa shape index (κ2) is 4.55. The number of benzene rings is 1. The van der Waals surface area contributed by atoms with Crippen molar-refractivity contribution in [2.24, 2.45) is 0 Å². The van der Waals surface area contributed by atoms with Crippen molar-refractivity contribution in [1.29, 1.82) is 0 Å². The van der Waals surface area contributed by atoms with E-state index < -0.39 is 18.3 Å². The number of hydrogen-bond donors (Lipinski definition) is 1. The second-order valence-corrected chi connectivity index (χ2v) is 6.72. The zero-order valence-electron chi connectivity index (χ0n) is 12.5. The van der Waals surface area contributed by atoms with Crippen LogP contribution in [0.1, 0.15) is 39.2 Å². The Morgan fingerprint density at radius 3 is 2.20 bits per heavy atom. The lowest BCUT2D eigenvalue weighted by Crippen LogP contribution is -2.41. The van der Waals surface area contributed by atoms with Crippen molar-refractivity contribution in [2.75, 3.05) is 13.1 Å². The van der Waals surface area contributed by atoms with Crippen LogP contribution < -0.4 is 10.8 Å². The van der Waals surface area contributed by atoms with Gasteiger partial charge in [-0.05, 0) is 44.8 Å². The Morgan fingerprint density at radius 1 is 1.15 bits per heavy atom. The number of halogens is 1. The average Bonchev–Trinajstić information content (AvgIpc) is 2.48. The Kier molecular flexibility index (Phi) is 3.20. The molecule has 0 aromatic heterocycles. The fourth-order valence-electron chi connectivity index (χ4n) is 2.51. The predicted octanol–water partition coefficient (Wildman–Crippen LogP) is 1.81. The minimum Gasteiger partial charge on any atom is -0.399 e. The number of hydrogen-bond acceptors (Lipinski definition) is 3. The molecule has 3 nitrogen and oxygen atoms in total. The van der Waals surface area contributed by atoms with E-state index in [0.717, 1.165) is 24.1 Å². The molecule has 108 valence electrons. The van der Waals surface area contributed by atoms with Crippen LogP contribution in [-0.2, 0) is 9.31 Å². The Labute approximate surface area is 120 Å². The summed E-state index contributed by atoms with van der Waals surface area (Å²) >= 11 is 0. The molecule has 0 atom stereocenters. The second-order valence-electron chi connectivity index (χ2n) is 6.72. The number of rotatable bonds is 2. The Hall–Kier alpha value is -0.905. The monoisotopic (exact) mass is 277 g/mol. The molecule has 0 bridgehead atoms. The van der Waals surface area contributed by atoms with E-state index in [1.165, 1.54) is 0 Å². The molecular formula is C15H21BFNO2. The van der Waals surface area contributed by atoms with Gasteiger partial charge in [-0.1, -0.05) is 12.1 Å². The molecule has 0 saturated carbocycles. The Morgan fingerprint density at radius 2 is 1.75 bits per heavy atom. The normalized spacial score (nSPS) is 24.8. The highest BCUT2D eigenvalue weighted by Crippen LogP contribution is 2.36. The van der Waals surface area contributed by atoms with Crippen LogP contribution in [0.2, 0.25) is 0 Å². The molecule has 5 heteroatoms. The van der Waals surface area contributed by atoms with Crippen molar-refractivity contribution >= 4 is 12.6 Å². The van der Waals surface area contributed by atoms with Gasteiger partial charge in [-0.15, -0.1) is 0 Å². The van der Waals surface area contributed by atoms with Crippen LogP contribution in [-0.4, -0.2) is 31.4 Å². The summed E-state index contributed by atoms with van der Waals surface area (Å²) in [5.74, 6) is 0.131. The summed E-state index contributed by atoms with van der Waals surface area (Å²) in [6.07, 6.45) is 0. The van der Waals surface area contributed by atoms with E-state index in [4.69, 9.17) is 9.31 Å². The third kappa shape index (κ3) is 2.18. The van der Waals surface area contributed by atoms with Gasteiger partial charge in [0.15, 0.2) is 0 Å². The topological polar surface area (TPSA) is 30.5 Å². The van der Waals surface area contributed by atoms with E-state index in [0.29, 0.717) is 5.92 Å². The minimum absolute atomic E-state index is 0.163. The molecule has 2 heterocycles. The first-order chi connectivity index (χ1) is 9.30. The van der Waals surface area contributed by atoms with Gasteiger partial charge in [0.05, 0.1) is 11.2 Å². The van der Waals surface area contributed by atoms with Crippen LogP contribution in [0, 0.1) is 5.82 Å². The fourth-order valence-corrected chi connectivity index (χ4v) is 2.51. The van der Waals surface area contributed by atoms with Gasteiger partial charge in [-0.3, -0.25) is 0 Å². The van der Waals surface area contributed by atoms with Gasteiger partial charge in [-0.2, -0.15) is 0 Å². The first-order valence-corrected chi connectivity index (χ1v) is 7.16. The van der Waals surface area contributed by atoms with E-state index in [1.54, 1.807) is 6.07 Å². The Bertz CT molecular complexity index is 513. The SMILES string of the molecule is CC1(C)OB(c2ccc(C3CNC3)c(F)c2)OC1(C)C. The number of nitrogens with one attached hydrogen (secondary N) is 1. The summed E-state index contributed by atoms with van der Waals surface area (Å²) < 4.78 is 26.1. The zero-order valence-corrected chi connectivity index (χ0v) is 12.5. The van der Waals surface area contributed by atoms with Crippen LogP contribution in [0.4, 0.5) is 4.39 Å². The van der Waals surface area contributed by atoms with Crippen LogP contribution in [0.3, 0.4) is 0 Å². The minimum atomic E-state index is -0.497. The van der Waals surface area contributed by atoms with E-state index in [-0.39, 0.29) is 5.82 Å². The van der Waals surface area contributed by atoms with Crippen LogP contribution in [0.15, 0.2) is 18.2 Å². The largest absolute Gasteiger partial charge is 0.494 e. The van der Waals surface area contributed by atoms with Gasteiger partial charge in [0.1, 0.15) is 5.82 Å². The maximum Gasteiger partial charge on any atom is 0.494 e. The third-order valence-corrected chi connectivity index (χ3v) is 4.77. The summed E-state index contributed by atoms with van der Waals surface area (Å²) in [5.41, 5.74) is 0.733. The molecule has 2 aliphatic heterocycles. The zero-order chi connectivity index (χ0) is 14.5. The van der Waals surface area contributed by atoms with Crippen LogP contribution in [0.5, 0.6) is 0 Å². The first kappa shape index (κ1) is 14.0. The molecule has 0 aliphatic carbocycles. The molecule has 0 unspecified atom stereocenters. The van der Waals surface area contributed by atoms with E-state index >= 15 is 0 Å². The molecule has 1 aromatic rings. The lowest BCUT2D eigenvalue weighted by molar-refractivity contribution is 0.00578. The molecule has 2 saturated heterocycles. The quantitative estimate of drug-likeness (QED) is 0.836. The van der Waals surface area contributed by atoms with Crippen molar-refractivity contribution in [2.45, 2.75) is 44.8 Å². The third-order valence-electron chi connectivity index (χ3n) is 4.77. The maximum absolute atomic E-state index is 14.2.